The summed E-state index contributed by atoms with van der Waals surface area (Å²) in [5.74, 6) is 2.59. The molecule has 0 saturated heterocycles. The SMILES string of the molecule is O=C(N/N=C/c1ccc(O)cc1)C12CC3C[C@@H](CC[C@@H](C3)C1)C2. The van der Waals surface area contributed by atoms with Crippen LogP contribution in [0.3, 0.4) is 0 Å². The van der Waals surface area contributed by atoms with Gasteiger partial charge in [-0.25, -0.2) is 5.43 Å². The third-order valence-corrected chi connectivity index (χ3v) is 6.11. The Kier molecular flexibility index (Phi) is 3.63. The van der Waals surface area contributed by atoms with Gasteiger partial charge in [-0.15, -0.1) is 0 Å². The lowest BCUT2D eigenvalue weighted by Gasteiger charge is -2.46. The van der Waals surface area contributed by atoms with E-state index in [-0.39, 0.29) is 17.1 Å². The molecule has 0 radical (unpaired) electrons. The van der Waals surface area contributed by atoms with Crippen molar-refractivity contribution in [3.8, 4) is 5.75 Å². The summed E-state index contributed by atoms with van der Waals surface area (Å²) < 4.78 is 0. The minimum Gasteiger partial charge on any atom is -0.508 e. The van der Waals surface area contributed by atoms with Crippen molar-refractivity contribution in [3.63, 3.8) is 0 Å². The Balaban J connectivity index is 1.45. The Morgan fingerprint density at radius 1 is 1.09 bits per heavy atom. The molecule has 4 atom stereocenters. The molecule has 0 heterocycles. The Bertz CT molecular complexity index is 607. The van der Waals surface area contributed by atoms with Crippen LogP contribution in [0.2, 0.25) is 0 Å². The Morgan fingerprint density at radius 2 is 1.70 bits per heavy atom. The van der Waals surface area contributed by atoms with E-state index in [0.717, 1.165) is 42.6 Å². The fourth-order valence-corrected chi connectivity index (χ4v) is 5.31. The summed E-state index contributed by atoms with van der Waals surface area (Å²) in [5.41, 5.74) is 3.50. The van der Waals surface area contributed by atoms with E-state index in [1.54, 1.807) is 30.5 Å². The maximum Gasteiger partial charge on any atom is 0.246 e. The van der Waals surface area contributed by atoms with Crippen LogP contribution < -0.4 is 5.43 Å². The molecule has 4 aliphatic rings. The fraction of sp³-hybridized carbons (Fsp3) is 0.579. The van der Waals surface area contributed by atoms with Crippen LogP contribution in [0, 0.1) is 23.2 Å². The highest BCUT2D eigenvalue weighted by Crippen LogP contribution is 2.57. The van der Waals surface area contributed by atoms with Crippen LogP contribution in [0.25, 0.3) is 0 Å². The lowest BCUT2D eigenvalue weighted by Crippen LogP contribution is -2.47. The first-order chi connectivity index (χ1) is 11.1. The number of nitrogens with one attached hydrogen (secondary N) is 1. The predicted octanol–water partition coefficient (Wildman–Crippen LogP) is 3.45. The summed E-state index contributed by atoms with van der Waals surface area (Å²) in [6.07, 6.45) is 10.1. The van der Waals surface area contributed by atoms with Gasteiger partial charge in [-0.3, -0.25) is 4.79 Å². The number of nitrogens with zero attached hydrogens (tertiary/aromatic N) is 1. The van der Waals surface area contributed by atoms with Crippen LogP contribution in [0.5, 0.6) is 5.75 Å². The molecule has 4 nitrogen and oxygen atoms in total. The number of phenols is 1. The molecule has 5 rings (SSSR count). The van der Waals surface area contributed by atoms with E-state index < -0.39 is 0 Å². The van der Waals surface area contributed by atoms with E-state index in [2.05, 4.69) is 10.5 Å². The number of benzene rings is 1. The van der Waals surface area contributed by atoms with Crippen molar-refractivity contribution in [3.05, 3.63) is 29.8 Å². The van der Waals surface area contributed by atoms with E-state index in [4.69, 9.17) is 0 Å². The van der Waals surface area contributed by atoms with E-state index in [1.807, 2.05) is 0 Å². The molecule has 2 unspecified atom stereocenters. The molecule has 4 bridgehead atoms. The van der Waals surface area contributed by atoms with Gasteiger partial charge in [0.2, 0.25) is 5.91 Å². The standard InChI is InChI=1S/C19H24N2O2/c22-17-5-3-13(4-6-17)12-20-21-18(23)19-9-14-1-2-15(10-19)8-16(7-14)11-19/h3-6,12,14-16,22H,1-2,7-11H2,(H,21,23)/b20-12+/t14-,15+,16?,19?. The summed E-state index contributed by atoms with van der Waals surface area (Å²) in [6, 6.07) is 6.79. The van der Waals surface area contributed by atoms with Gasteiger partial charge in [-0.1, -0.05) is 12.8 Å². The minimum atomic E-state index is -0.167. The summed E-state index contributed by atoms with van der Waals surface area (Å²) in [4.78, 5) is 12.8. The molecule has 4 aliphatic carbocycles. The number of hydrazone groups is 1. The zero-order valence-corrected chi connectivity index (χ0v) is 13.4. The topological polar surface area (TPSA) is 61.7 Å². The second-order valence-corrected chi connectivity index (χ2v) is 7.83. The number of amides is 1. The second-order valence-electron chi connectivity index (χ2n) is 7.83. The van der Waals surface area contributed by atoms with Crippen molar-refractivity contribution in [1.29, 1.82) is 0 Å². The van der Waals surface area contributed by atoms with E-state index in [9.17, 15) is 9.90 Å². The first-order valence-electron chi connectivity index (χ1n) is 8.75. The lowest BCUT2D eigenvalue weighted by molar-refractivity contribution is -0.138. The number of carbonyl (C=O) groups is 1. The molecule has 4 fully saturated rings. The third kappa shape index (κ3) is 2.87. The number of phenolic OH excluding ortho intramolecular Hbond substituents is 1. The first-order valence-corrected chi connectivity index (χ1v) is 8.75. The highest BCUT2D eigenvalue weighted by atomic mass is 16.3. The molecule has 0 aromatic heterocycles. The van der Waals surface area contributed by atoms with Crippen LogP contribution in [0.1, 0.15) is 50.5 Å². The van der Waals surface area contributed by atoms with Crippen molar-refractivity contribution in [2.24, 2.45) is 28.3 Å². The molecule has 1 amide bonds. The van der Waals surface area contributed by atoms with Gasteiger partial charge < -0.3 is 5.11 Å². The van der Waals surface area contributed by atoms with Crippen molar-refractivity contribution < 1.29 is 9.90 Å². The van der Waals surface area contributed by atoms with Gasteiger partial charge in [0, 0.05) is 0 Å². The molecule has 0 spiro atoms. The largest absolute Gasteiger partial charge is 0.508 e. The Labute approximate surface area is 137 Å². The predicted molar refractivity (Wildman–Crippen MR) is 89.1 cm³/mol. The van der Waals surface area contributed by atoms with Crippen LogP contribution in [-0.2, 0) is 4.79 Å². The Morgan fingerprint density at radius 3 is 2.35 bits per heavy atom. The second kappa shape index (κ2) is 5.66. The van der Waals surface area contributed by atoms with Crippen LogP contribution in [0.4, 0.5) is 0 Å². The molecule has 1 aromatic rings. The van der Waals surface area contributed by atoms with Crippen molar-refractivity contribution in [2.45, 2.75) is 44.9 Å². The van der Waals surface area contributed by atoms with E-state index >= 15 is 0 Å². The zero-order valence-electron chi connectivity index (χ0n) is 13.4. The van der Waals surface area contributed by atoms with Gasteiger partial charge in [0.1, 0.15) is 5.75 Å². The maximum absolute atomic E-state index is 12.8. The summed E-state index contributed by atoms with van der Waals surface area (Å²) in [5, 5.41) is 13.4. The third-order valence-electron chi connectivity index (χ3n) is 6.11. The molecule has 2 N–H and O–H groups in total. The number of carbonyl (C=O) groups excluding carboxylic acids is 1. The van der Waals surface area contributed by atoms with E-state index in [1.165, 1.54) is 25.7 Å². The number of rotatable bonds is 3. The van der Waals surface area contributed by atoms with Gasteiger partial charge in [0.15, 0.2) is 0 Å². The molecule has 0 aliphatic heterocycles. The van der Waals surface area contributed by atoms with Gasteiger partial charge in [0.25, 0.3) is 0 Å². The smallest absolute Gasteiger partial charge is 0.246 e. The molecular formula is C19H24N2O2. The quantitative estimate of drug-likeness (QED) is 0.663. The maximum atomic E-state index is 12.8. The van der Waals surface area contributed by atoms with Crippen LogP contribution in [0.15, 0.2) is 29.4 Å². The summed E-state index contributed by atoms with van der Waals surface area (Å²) >= 11 is 0. The highest BCUT2D eigenvalue weighted by Gasteiger charge is 2.52. The number of fused-ring (bicyclic) bond motifs is 1. The molecule has 23 heavy (non-hydrogen) atoms. The summed E-state index contributed by atoms with van der Waals surface area (Å²) in [6.45, 7) is 0. The fourth-order valence-electron chi connectivity index (χ4n) is 5.31. The summed E-state index contributed by atoms with van der Waals surface area (Å²) in [7, 11) is 0. The van der Waals surface area contributed by atoms with Crippen molar-refractivity contribution >= 4 is 12.1 Å². The monoisotopic (exact) mass is 312 g/mol. The molecule has 1 aromatic carbocycles. The molecule has 4 heteroatoms. The normalized spacial score (nSPS) is 35.4. The molecule has 122 valence electrons. The van der Waals surface area contributed by atoms with Gasteiger partial charge in [-0.05, 0) is 79.7 Å². The number of hydrogen-bond donors (Lipinski definition) is 2. The van der Waals surface area contributed by atoms with E-state index in [0.29, 0.717) is 0 Å². The molecule has 4 saturated carbocycles. The minimum absolute atomic E-state index is 0.119. The van der Waals surface area contributed by atoms with Crippen LogP contribution >= 0.6 is 0 Å². The van der Waals surface area contributed by atoms with Crippen molar-refractivity contribution in [1.82, 2.24) is 5.43 Å². The van der Waals surface area contributed by atoms with Crippen molar-refractivity contribution in [2.75, 3.05) is 0 Å². The zero-order chi connectivity index (χ0) is 15.9. The average Bonchev–Trinajstić information content (AvgIpc) is 2.75. The van der Waals surface area contributed by atoms with Gasteiger partial charge >= 0.3 is 0 Å². The number of aromatic hydroxyl groups is 1. The van der Waals surface area contributed by atoms with Gasteiger partial charge in [0.05, 0.1) is 11.6 Å². The van der Waals surface area contributed by atoms with Gasteiger partial charge in [-0.2, -0.15) is 5.10 Å². The Hall–Kier alpha value is -1.84. The average molecular weight is 312 g/mol. The number of hydrogen-bond acceptors (Lipinski definition) is 3. The lowest BCUT2D eigenvalue weighted by atomic mass is 9.58. The van der Waals surface area contributed by atoms with Crippen LogP contribution in [-0.4, -0.2) is 17.2 Å². The molecular weight excluding hydrogens is 288 g/mol. The highest BCUT2D eigenvalue weighted by molar-refractivity contribution is 5.85. The first kappa shape index (κ1) is 14.7.